The Kier molecular flexibility index (Phi) is 14.2. The first-order chi connectivity index (χ1) is 26.9. The highest BCUT2D eigenvalue weighted by atomic mass is 32.2. The van der Waals surface area contributed by atoms with E-state index < -0.39 is 28.0 Å². The first kappa shape index (κ1) is 39.8. The van der Waals surface area contributed by atoms with E-state index in [1.54, 1.807) is 30.4 Å². The fourth-order valence-corrected chi connectivity index (χ4v) is 10.0. The van der Waals surface area contributed by atoms with Gasteiger partial charge in [0, 0.05) is 23.6 Å². The summed E-state index contributed by atoms with van der Waals surface area (Å²) < 4.78 is 10.7. The molecule has 5 nitrogen and oxygen atoms in total. The highest BCUT2D eigenvalue weighted by Gasteiger charge is 2.40. The zero-order valence-corrected chi connectivity index (χ0v) is 32.6. The highest BCUT2D eigenvalue weighted by Crippen LogP contribution is 2.51. The molecule has 6 aromatic carbocycles. The van der Waals surface area contributed by atoms with Crippen LogP contribution in [0.3, 0.4) is 0 Å². The van der Waals surface area contributed by atoms with Crippen molar-refractivity contribution in [1.29, 1.82) is 0 Å². The van der Waals surface area contributed by atoms with Gasteiger partial charge in [-0.25, -0.2) is 4.79 Å². The second-order valence-electron chi connectivity index (χ2n) is 13.2. The number of hydrogen-bond donors (Lipinski definition) is 2. The maximum absolute atomic E-state index is 12.0. The Hall–Kier alpha value is -4.89. The van der Waals surface area contributed by atoms with Gasteiger partial charge in [0.05, 0.1) is 15.6 Å². The van der Waals surface area contributed by atoms with E-state index in [4.69, 9.17) is 9.47 Å². The SMILES string of the molecule is C=C(C)C(=O)OCCNC(O)OC(CSC(c1ccccc1)(c1ccccc1)c1ccccc1)CSC(c1ccccc1)(c1ccccc1)c1ccccc1. The zero-order chi connectivity index (χ0) is 38.4. The Morgan fingerprint density at radius 2 is 0.873 bits per heavy atom. The van der Waals surface area contributed by atoms with Crippen LogP contribution >= 0.6 is 23.5 Å². The van der Waals surface area contributed by atoms with Crippen molar-refractivity contribution in [1.82, 2.24) is 5.32 Å². The molecule has 0 saturated carbocycles. The molecule has 0 amide bonds. The maximum Gasteiger partial charge on any atom is 0.333 e. The van der Waals surface area contributed by atoms with Gasteiger partial charge in [0.25, 0.3) is 0 Å². The molecule has 7 heteroatoms. The van der Waals surface area contributed by atoms with Crippen LogP contribution in [0.1, 0.15) is 40.3 Å². The van der Waals surface area contributed by atoms with Crippen molar-refractivity contribution in [2.45, 2.75) is 28.9 Å². The number of aliphatic hydroxyl groups excluding tert-OH is 1. The molecule has 0 saturated heterocycles. The van der Waals surface area contributed by atoms with E-state index in [1.807, 2.05) is 36.4 Å². The van der Waals surface area contributed by atoms with Crippen LogP contribution < -0.4 is 5.32 Å². The molecule has 2 N–H and O–H groups in total. The van der Waals surface area contributed by atoms with Gasteiger partial charge in [0.15, 0.2) is 0 Å². The Morgan fingerprint density at radius 1 is 0.582 bits per heavy atom. The summed E-state index contributed by atoms with van der Waals surface area (Å²) in [6.07, 6.45) is -1.75. The number of aliphatic hydroxyl groups is 1. The number of ether oxygens (including phenoxy) is 2. The zero-order valence-electron chi connectivity index (χ0n) is 31.0. The summed E-state index contributed by atoms with van der Waals surface area (Å²) in [5, 5.41) is 14.3. The normalized spacial score (nSPS) is 12.3. The van der Waals surface area contributed by atoms with Crippen molar-refractivity contribution in [3.8, 4) is 0 Å². The molecule has 6 rings (SSSR count). The van der Waals surface area contributed by atoms with Crippen molar-refractivity contribution >= 4 is 29.5 Å². The number of carbonyl (C=O) groups excluding carboxylic acids is 1. The molecule has 0 fully saturated rings. The lowest BCUT2D eigenvalue weighted by Crippen LogP contribution is -2.40. The van der Waals surface area contributed by atoms with E-state index in [1.165, 1.54) is 0 Å². The maximum atomic E-state index is 12.0. The molecule has 0 spiro atoms. The van der Waals surface area contributed by atoms with Gasteiger partial charge in [-0.2, -0.15) is 0 Å². The number of esters is 1. The van der Waals surface area contributed by atoms with E-state index in [0.717, 1.165) is 33.4 Å². The number of hydrogen-bond acceptors (Lipinski definition) is 7. The largest absolute Gasteiger partial charge is 0.461 e. The molecule has 0 aliphatic heterocycles. The quantitative estimate of drug-likeness (QED) is 0.0280. The topological polar surface area (TPSA) is 67.8 Å². The summed E-state index contributed by atoms with van der Waals surface area (Å²) >= 11 is 3.59. The number of carbonyl (C=O) groups is 1. The Balaban J connectivity index is 1.39. The molecule has 0 aliphatic carbocycles. The molecule has 0 heterocycles. The number of thioether (sulfide) groups is 2. The minimum absolute atomic E-state index is 0.0680. The van der Waals surface area contributed by atoms with E-state index in [2.05, 4.69) is 157 Å². The molecule has 280 valence electrons. The fraction of sp³-hybridized carbons (Fsp3) is 0.188. The molecule has 0 bridgehead atoms. The predicted octanol–water partition coefficient (Wildman–Crippen LogP) is 9.81. The molecular weight excluding hydrogens is 719 g/mol. The Morgan fingerprint density at radius 3 is 1.15 bits per heavy atom. The molecule has 1 unspecified atom stereocenters. The molecular formula is C48H47NO4S2. The Labute approximate surface area is 333 Å². The number of rotatable bonds is 19. The molecule has 0 aromatic heterocycles. The van der Waals surface area contributed by atoms with Crippen molar-refractivity contribution in [2.75, 3.05) is 24.7 Å². The van der Waals surface area contributed by atoms with Crippen LogP contribution in [0.4, 0.5) is 0 Å². The first-order valence-electron chi connectivity index (χ1n) is 18.4. The molecule has 0 radical (unpaired) electrons. The summed E-state index contributed by atoms with van der Waals surface area (Å²) in [4.78, 5) is 12.0. The van der Waals surface area contributed by atoms with E-state index >= 15 is 0 Å². The van der Waals surface area contributed by atoms with E-state index in [0.29, 0.717) is 17.1 Å². The lowest BCUT2D eigenvalue weighted by Gasteiger charge is -2.38. The summed E-state index contributed by atoms with van der Waals surface area (Å²) in [6.45, 7) is 5.53. The van der Waals surface area contributed by atoms with Crippen LogP contribution in [0.2, 0.25) is 0 Å². The van der Waals surface area contributed by atoms with Gasteiger partial charge in [-0.1, -0.05) is 189 Å². The van der Waals surface area contributed by atoms with Crippen LogP contribution in [0.5, 0.6) is 0 Å². The van der Waals surface area contributed by atoms with E-state index in [9.17, 15) is 9.90 Å². The summed E-state index contributed by atoms with van der Waals surface area (Å²) in [7, 11) is 0. The first-order valence-corrected chi connectivity index (χ1v) is 20.4. The van der Waals surface area contributed by atoms with Crippen LogP contribution in [0, 0.1) is 0 Å². The third kappa shape index (κ3) is 9.68. The van der Waals surface area contributed by atoms with E-state index in [-0.39, 0.29) is 13.2 Å². The highest BCUT2D eigenvalue weighted by molar-refractivity contribution is 8.01. The molecule has 1 atom stereocenters. The minimum atomic E-state index is -1.31. The van der Waals surface area contributed by atoms with Crippen molar-refractivity contribution in [3.63, 3.8) is 0 Å². The van der Waals surface area contributed by atoms with Gasteiger partial charge in [0.2, 0.25) is 6.41 Å². The molecule has 6 aromatic rings. The average molecular weight is 766 g/mol. The van der Waals surface area contributed by atoms with Crippen molar-refractivity contribution in [2.24, 2.45) is 0 Å². The van der Waals surface area contributed by atoms with Gasteiger partial charge < -0.3 is 14.6 Å². The Bertz CT molecular complexity index is 1730. The van der Waals surface area contributed by atoms with Crippen molar-refractivity contribution < 1.29 is 19.4 Å². The lowest BCUT2D eigenvalue weighted by atomic mass is 9.84. The van der Waals surface area contributed by atoms with Crippen molar-refractivity contribution in [3.05, 3.63) is 228 Å². The van der Waals surface area contributed by atoms with Crippen LogP contribution in [0.15, 0.2) is 194 Å². The smallest absolute Gasteiger partial charge is 0.333 e. The van der Waals surface area contributed by atoms with Gasteiger partial charge in [-0.3, -0.25) is 5.32 Å². The van der Waals surface area contributed by atoms with Gasteiger partial charge in [-0.15, -0.1) is 23.5 Å². The lowest BCUT2D eigenvalue weighted by molar-refractivity contribution is -0.148. The second kappa shape index (κ2) is 19.6. The summed E-state index contributed by atoms with van der Waals surface area (Å²) in [5.74, 6) is 0.591. The third-order valence-electron chi connectivity index (χ3n) is 9.38. The summed E-state index contributed by atoms with van der Waals surface area (Å²) in [6, 6.07) is 63.5. The van der Waals surface area contributed by atoms with Crippen LogP contribution in [-0.2, 0) is 23.8 Å². The summed E-state index contributed by atoms with van der Waals surface area (Å²) in [5.41, 5.74) is 7.21. The second-order valence-corrected chi connectivity index (χ2v) is 15.6. The minimum Gasteiger partial charge on any atom is -0.461 e. The monoisotopic (exact) mass is 765 g/mol. The van der Waals surface area contributed by atoms with Gasteiger partial charge in [0.1, 0.15) is 6.61 Å². The van der Waals surface area contributed by atoms with Crippen LogP contribution in [-0.4, -0.2) is 48.3 Å². The fourth-order valence-electron chi connectivity index (χ4n) is 6.78. The third-order valence-corrected chi connectivity index (χ3v) is 12.7. The number of nitrogens with one attached hydrogen (secondary N) is 1. The molecule has 0 aliphatic rings. The standard InChI is InChI=1S/C48H47NO4S2/c1-37(2)45(50)52-34-33-49-46(51)53-44(35-54-47(38-21-9-3-10-22-38,39-23-11-4-12-24-39)40-25-13-5-14-26-40)36-55-48(41-27-15-6-16-28-41,42-29-17-7-18-30-42)43-31-19-8-20-32-43/h3-32,44,46,49,51H,1,33-36H2,2H3. The molecule has 55 heavy (non-hydrogen) atoms. The average Bonchev–Trinajstić information content (AvgIpc) is 3.25. The predicted molar refractivity (Wildman–Crippen MR) is 228 cm³/mol. The van der Waals surface area contributed by atoms with Gasteiger partial charge >= 0.3 is 5.97 Å². The van der Waals surface area contributed by atoms with Crippen LogP contribution in [0.25, 0.3) is 0 Å². The van der Waals surface area contributed by atoms with Gasteiger partial charge in [-0.05, 0) is 40.3 Å². The number of benzene rings is 6.